The summed E-state index contributed by atoms with van der Waals surface area (Å²) in [5, 5.41) is 9.66. The van der Waals surface area contributed by atoms with E-state index in [4.69, 9.17) is 4.74 Å². The molecule has 0 amide bonds. The summed E-state index contributed by atoms with van der Waals surface area (Å²) in [4.78, 5) is 12.7. The van der Waals surface area contributed by atoms with Crippen LogP contribution >= 0.6 is 0 Å². The number of Topliss-reactive ketones (excluding diaryl/α,β-unsaturated/α-hetero) is 1. The van der Waals surface area contributed by atoms with E-state index in [0.717, 1.165) is 38.5 Å². The Hall–Kier alpha value is -0.460. The molecule has 9 atom stereocenters. The number of fused-ring (bicyclic) bond motifs is 4. The van der Waals surface area contributed by atoms with Crippen LogP contribution in [-0.4, -0.2) is 48.6 Å². The van der Waals surface area contributed by atoms with E-state index in [1.54, 1.807) is 0 Å². The van der Waals surface area contributed by atoms with E-state index in [1.165, 1.54) is 6.26 Å². The minimum absolute atomic E-state index is 0.00651. The average Bonchev–Trinajstić information content (AvgIpc) is 3.23. The first-order valence-electron chi connectivity index (χ1n) is 10.1. The van der Waals surface area contributed by atoms with Gasteiger partial charge in [-0.3, -0.25) is 4.79 Å². The predicted molar refractivity (Wildman–Crippen MR) is 96.3 cm³/mol. The van der Waals surface area contributed by atoms with E-state index in [0.29, 0.717) is 24.2 Å². The van der Waals surface area contributed by atoms with Crippen LogP contribution in [0.15, 0.2) is 0 Å². The molecule has 5 rings (SSSR count). The third kappa shape index (κ3) is 1.89. The van der Waals surface area contributed by atoms with Crippen molar-refractivity contribution >= 4 is 15.6 Å². The Bertz CT molecular complexity index is 777. The van der Waals surface area contributed by atoms with Crippen LogP contribution in [0, 0.1) is 28.6 Å². The molecule has 1 spiro atoms. The zero-order valence-electron chi connectivity index (χ0n) is 15.9. The lowest BCUT2D eigenvalue weighted by Gasteiger charge is -2.59. The Morgan fingerprint density at radius 2 is 1.81 bits per heavy atom. The molecule has 5 nitrogen and oxygen atoms in total. The van der Waals surface area contributed by atoms with Crippen molar-refractivity contribution in [2.24, 2.45) is 28.6 Å². The van der Waals surface area contributed by atoms with Crippen molar-refractivity contribution in [2.45, 2.75) is 81.9 Å². The largest absolute Gasteiger partial charge is 0.393 e. The van der Waals surface area contributed by atoms with E-state index < -0.39 is 26.8 Å². The number of aliphatic hydroxyl groups excluding tert-OH is 1. The van der Waals surface area contributed by atoms with Gasteiger partial charge in [0.05, 0.1) is 6.10 Å². The summed E-state index contributed by atoms with van der Waals surface area (Å²) in [6.07, 6.45) is 6.75. The topological polar surface area (TPSA) is 84.0 Å². The van der Waals surface area contributed by atoms with Crippen LogP contribution in [0.25, 0.3) is 0 Å². The number of hydrogen-bond donors (Lipinski definition) is 1. The molecule has 4 aliphatic carbocycles. The average molecular weight is 383 g/mol. The number of sulfone groups is 1. The molecule has 4 saturated carbocycles. The molecule has 1 N–H and O–H groups in total. The van der Waals surface area contributed by atoms with Crippen LogP contribution in [0.5, 0.6) is 0 Å². The number of rotatable bonds is 1. The minimum atomic E-state index is -3.42. The number of ether oxygens (including phenoxy) is 1. The standard InChI is InChI=1S/C20H30O5S/c1-18-8-7-13-11(12(18)4-5-15(18)21)6-9-20-17(25-20)16(22)14(26(3,23)24)10-19(13,20)2/h11-15,17,21H,4-10H2,1-3H3/t11-,12-,13-,14?,15-,17+,18-,19+,20+/m0/s1. The van der Waals surface area contributed by atoms with E-state index in [-0.39, 0.29) is 22.7 Å². The third-order valence-electron chi connectivity index (χ3n) is 9.42. The van der Waals surface area contributed by atoms with Crippen LogP contribution in [-0.2, 0) is 19.4 Å². The highest BCUT2D eigenvalue weighted by Gasteiger charge is 2.78. The minimum Gasteiger partial charge on any atom is -0.393 e. The molecule has 0 aromatic heterocycles. The first-order chi connectivity index (χ1) is 12.0. The van der Waals surface area contributed by atoms with Crippen molar-refractivity contribution in [3.8, 4) is 0 Å². The molecule has 1 unspecified atom stereocenters. The Morgan fingerprint density at radius 3 is 2.50 bits per heavy atom. The van der Waals surface area contributed by atoms with Crippen LogP contribution in [0.1, 0.15) is 58.8 Å². The predicted octanol–water partition coefficient (Wildman–Crippen LogP) is 2.11. The molecule has 6 heteroatoms. The lowest BCUT2D eigenvalue weighted by molar-refractivity contribution is -0.133. The van der Waals surface area contributed by atoms with E-state index >= 15 is 0 Å². The van der Waals surface area contributed by atoms with Crippen LogP contribution < -0.4 is 0 Å². The summed E-state index contributed by atoms with van der Waals surface area (Å²) in [5.74, 6) is 1.21. The van der Waals surface area contributed by atoms with Crippen molar-refractivity contribution in [2.75, 3.05) is 6.26 Å². The molecular formula is C20H30O5S. The van der Waals surface area contributed by atoms with Crippen LogP contribution in [0.2, 0.25) is 0 Å². The molecule has 5 fully saturated rings. The molecule has 146 valence electrons. The Labute approximate surface area is 155 Å². The second kappa shape index (κ2) is 4.93. The van der Waals surface area contributed by atoms with Crippen molar-refractivity contribution in [1.29, 1.82) is 0 Å². The summed E-state index contributed by atoms with van der Waals surface area (Å²) in [6, 6.07) is 0. The molecule has 0 radical (unpaired) electrons. The number of carbonyl (C=O) groups excluding carboxylic acids is 1. The van der Waals surface area contributed by atoms with Crippen molar-refractivity contribution in [1.82, 2.24) is 0 Å². The monoisotopic (exact) mass is 382 g/mol. The van der Waals surface area contributed by atoms with Gasteiger partial charge < -0.3 is 9.84 Å². The van der Waals surface area contributed by atoms with Gasteiger partial charge in [-0.25, -0.2) is 8.42 Å². The molecule has 0 aromatic rings. The first kappa shape index (κ1) is 17.6. The lowest BCUT2D eigenvalue weighted by Crippen LogP contribution is -2.61. The second-order valence-electron chi connectivity index (χ2n) is 10.3. The number of carbonyl (C=O) groups is 1. The Morgan fingerprint density at radius 1 is 1.08 bits per heavy atom. The normalized spacial score (nSPS) is 58.4. The van der Waals surface area contributed by atoms with Crippen LogP contribution in [0.3, 0.4) is 0 Å². The third-order valence-corrected chi connectivity index (χ3v) is 10.9. The van der Waals surface area contributed by atoms with Gasteiger partial charge in [0.25, 0.3) is 0 Å². The summed E-state index contributed by atoms with van der Waals surface area (Å²) >= 11 is 0. The summed E-state index contributed by atoms with van der Waals surface area (Å²) in [6.45, 7) is 4.45. The van der Waals surface area contributed by atoms with Gasteiger partial charge in [-0.1, -0.05) is 13.8 Å². The zero-order chi connectivity index (χ0) is 18.7. The number of epoxide rings is 1. The summed E-state index contributed by atoms with van der Waals surface area (Å²) in [5.41, 5.74) is -0.666. The molecule has 26 heavy (non-hydrogen) atoms. The van der Waals surface area contributed by atoms with Gasteiger partial charge in [0, 0.05) is 11.7 Å². The SMILES string of the molecule is C[C@]12CC[C@H]3[C@@H](CC[C@@]45O[C@@H]4C(=O)C(S(C)(=O)=O)C[C@]35C)[C@@H]1CC[C@@H]2O. The molecule has 1 saturated heterocycles. The van der Waals surface area contributed by atoms with Gasteiger partial charge in [-0.2, -0.15) is 0 Å². The fraction of sp³-hybridized carbons (Fsp3) is 0.950. The molecule has 0 bridgehead atoms. The Kier molecular flexibility index (Phi) is 3.34. The van der Waals surface area contributed by atoms with Crippen molar-refractivity contribution in [3.63, 3.8) is 0 Å². The quantitative estimate of drug-likeness (QED) is 0.702. The molecule has 0 aromatic carbocycles. The number of hydrogen-bond acceptors (Lipinski definition) is 5. The van der Waals surface area contributed by atoms with Gasteiger partial charge in [-0.05, 0) is 68.1 Å². The van der Waals surface area contributed by atoms with Gasteiger partial charge in [0.15, 0.2) is 15.6 Å². The fourth-order valence-corrected chi connectivity index (χ4v) is 9.06. The van der Waals surface area contributed by atoms with Gasteiger partial charge >= 0.3 is 0 Å². The van der Waals surface area contributed by atoms with Crippen molar-refractivity contribution in [3.05, 3.63) is 0 Å². The van der Waals surface area contributed by atoms with Gasteiger partial charge in [0.2, 0.25) is 0 Å². The fourth-order valence-electron chi connectivity index (χ4n) is 7.86. The summed E-state index contributed by atoms with van der Waals surface area (Å²) < 4.78 is 30.7. The molecule has 1 aliphatic heterocycles. The van der Waals surface area contributed by atoms with E-state index in [1.807, 2.05) is 0 Å². The van der Waals surface area contributed by atoms with Crippen LogP contribution in [0.4, 0.5) is 0 Å². The van der Waals surface area contributed by atoms with Gasteiger partial charge in [-0.15, -0.1) is 0 Å². The highest BCUT2D eigenvalue weighted by atomic mass is 32.2. The number of ketones is 1. The second-order valence-corrected chi connectivity index (χ2v) is 12.5. The summed E-state index contributed by atoms with van der Waals surface area (Å²) in [7, 11) is -3.42. The maximum Gasteiger partial charge on any atom is 0.182 e. The lowest BCUT2D eigenvalue weighted by atomic mass is 9.45. The molecular weight excluding hydrogens is 352 g/mol. The highest BCUT2D eigenvalue weighted by Crippen LogP contribution is 2.72. The highest BCUT2D eigenvalue weighted by molar-refractivity contribution is 7.92. The number of aliphatic hydroxyl groups is 1. The first-order valence-corrected chi connectivity index (χ1v) is 12.1. The molecule has 5 aliphatic rings. The maximum atomic E-state index is 12.7. The van der Waals surface area contributed by atoms with Gasteiger partial charge in [0.1, 0.15) is 17.0 Å². The van der Waals surface area contributed by atoms with Crippen molar-refractivity contribution < 1.29 is 23.1 Å². The zero-order valence-corrected chi connectivity index (χ0v) is 16.7. The molecule has 1 heterocycles. The smallest absolute Gasteiger partial charge is 0.182 e. The maximum absolute atomic E-state index is 12.7. The van der Waals surface area contributed by atoms with E-state index in [9.17, 15) is 18.3 Å². The Balaban J connectivity index is 1.54. The van der Waals surface area contributed by atoms with E-state index in [2.05, 4.69) is 13.8 Å².